The van der Waals surface area contributed by atoms with Gasteiger partial charge in [-0.2, -0.15) is 0 Å². The summed E-state index contributed by atoms with van der Waals surface area (Å²) >= 11 is 0. The molecule has 12 heavy (non-hydrogen) atoms. The van der Waals surface area contributed by atoms with Crippen LogP contribution in [0.2, 0.25) is 0 Å². The third kappa shape index (κ3) is 7.34. The first kappa shape index (κ1) is 13.8. The summed E-state index contributed by atoms with van der Waals surface area (Å²) in [4.78, 5) is 11.2. The summed E-state index contributed by atoms with van der Waals surface area (Å²) in [6.45, 7) is 11.4. The lowest BCUT2D eigenvalue weighted by Crippen LogP contribution is -2.24. The van der Waals surface area contributed by atoms with Crippen molar-refractivity contribution in [2.24, 2.45) is 11.3 Å². The fourth-order valence-corrected chi connectivity index (χ4v) is 0.866. The summed E-state index contributed by atoms with van der Waals surface area (Å²) in [6, 6.07) is 0. The molecule has 0 aliphatic carbocycles. The van der Waals surface area contributed by atoms with Crippen molar-refractivity contribution in [3.8, 4) is 12.3 Å². The van der Waals surface area contributed by atoms with Gasteiger partial charge in [0.25, 0.3) is 0 Å². The van der Waals surface area contributed by atoms with Crippen LogP contribution in [0.15, 0.2) is 0 Å². The zero-order chi connectivity index (χ0) is 10.4. The van der Waals surface area contributed by atoms with Gasteiger partial charge in [0.2, 0.25) is 0 Å². The van der Waals surface area contributed by atoms with Crippen LogP contribution in [0.25, 0.3) is 0 Å². The number of carbonyl (C=O) groups excluding carboxylic acids is 1. The van der Waals surface area contributed by atoms with Crippen molar-refractivity contribution in [1.82, 2.24) is 0 Å². The van der Waals surface area contributed by atoms with Crippen LogP contribution >= 0.6 is 0 Å². The molecule has 0 aliphatic rings. The molecule has 0 N–H and O–H groups in total. The van der Waals surface area contributed by atoms with Crippen LogP contribution in [0.4, 0.5) is 0 Å². The Labute approximate surface area is 76.6 Å². The minimum Gasteiger partial charge on any atom is -0.299 e. The molecule has 0 aromatic carbocycles. The Kier molecular flexibility index (Phi) is 6.70. The van der Waals surface area contributed by atoms with E-state index in [1.54, 1.807) is 6.92 Å². The monoisotopic (exact) mass is 168 g/mol. The van der Waals surface area contributed by atoms with Crippen molar-refractivity contribution in [2.75, 3.05) is 0 Å². The van der Waals surface area contributed by atoms with Gasteiger partial charge < -0.3 is 0 Å². The maximum absolute atomic E-state index is 11.2. The third-order valence-electron chi connectivity index (χ3n) is 1.26. The van der Waals surface area contributed by atoms with Gasteiger partial charge in [0.1, 0.15) is 5.78 Å². The van der Waals surface area contributed by atoms with Gasteiger partial charge in [0.15, 0.2) is 0 Å². The molecule has 0 radical (unpaired) electrons. The first-order valence-electron chi connectivity index (χ1n) is 4.19. The molecule has 0 aliphatic heterocycles. The van der Waals surface area contributed by atoms with Crippen LogP contribution in [0.3, 0.4) is 0 Å². The molecule has 0 rings (SSSR count). The maximum atomic E-state index is 11.2. The van der Waals surface area contributed by atoms with Crippen LogP contribution in [-0.4, -0.2) is 5.78 Å². The fourth-order valence-electron chi connectivity index (χ4n) is 0.866. The predicted octanol–water partition coefficient (Wildman–Crippen LogP) is 2.90. The van der Waals surface area contributed by atoms with Gasteiger partial charge in [-0.15, -0.1) is 12.3 Å². The fraction of sp³-hybridized carbons (Fsp3) is 0.727. The second-order valence-electron chi connectivity index (χ2n) is 4.06. The third-order valence-corrected chi connectivity index (χ3v) is 1.26. The molecule has 0 amide bonds. The number of terminal acetylenes is 1. The van der Waals surface area contributed by atoms with Crippen LogP contribution in [0.5, 0.6) is 0 Å². The Morgan fingerprint density at radius 2 is 1.58 bits per heavy atom. The zero-order valence-electron chi connectivity index (χ0n) is 9.06. The molecule has 0 saturated carbocycles. The van der Waals surface area contributed by atoms with Crippen LogP contribution in [0.1, 0.15) is 41.5 Å². The second-order valence-corrected chi connectivity index (χ2v) is 4.06. The number of Topliss-reactive ketones (excluding diaryl/α,β-unsaturated/α-hetero) is 1. The number of hydrogen-bond acceptors (Lipinski definition) is 1. The summed E-state index contributed by atoms with van der Waals surface area (Å²) in [5.41, 5.74) is -0.159. The zero-order valence-corrected chi connectivity index (χ0v) is 9.06. The summed E-state index contributed by atoms with van der Waals surface area (Å²) in [7, 11) is 0. The first-order chi connectivity index (χ1) is 5.27. The standard InChI is InChI=1S/C8H16O.C3H4/c1-6(2)7(9)8(3,4)5;1-3-2/h6H,1-5H3;1H,2H3. The largest absolute Gasteiger partial charge is 0.299 e. The number of hydrogen-bond donors (Lipinski definition) is 0. The molecule has 0 unspecified atom stereocenters. The molecule has 0 atom stereocenters. The summed E-state index contributed by atoms with van der Waals surface area (Å²) in [6.07, 6.45) is 4.60. The molecule has 0 spiro atoms. The molecule has 70 valence electrons. The molecule has 0 aromatic heterocycles. The number of rotatable bonds is 1. The van der Waals surface area contributed by atoms with E-state index in [2.05, 4.69) is 12.3 Å². The predicted molar refractivity (Wildman–Crippen MR) is 53.8 cm³/mol. The highest BCUT2D eigenvalue weighted by atomic mass is 16.1. The Balaban J connectivity index is 0. The van der Waals surface area contributed by atoms with E-state index < -0.39 is 0 Å². The lowest BCUT2D eigenvalue weighted by atomic mass is 9.85. The van der Waals surface area contributed by atoms with Gasteiger partial charge in [0, 0.05) is 11.3 Å². The summed E-state index contributed by atoms with van der Waals surface area (Å²) < 4.78 is 0. The highest BCUT2D eigenvalue weighted by Crippen LogP contribution is 2.19. The van der Waals surface area contributed by atoms with E-state index in [1.165, 1.54) is 0 Å². The molecular formula is C11H20O. The highest BCUT2D eigenvalue weighted by molar-refractivity contribution is 5.85. The summed E-state index contributed by atoms with van der Waals surface area (Å²) in [5.74, 6) is 2.76. The van der Waals surface area contributed by atoms with Gasteiger partial charge in [-0.3, -0.25) is 4.79 Å². The van der Waals surface area contributed by atoms with Gasteiger partial charge in [-0.1, -0.05) is 34.6 Å². The van der Waals surface area contributed by atoms with Crippen LogP contribution in [0, 0.1) is 23.7 Å². The maximum Gasteiger partial charge on any atom is 0.140 e. The van der Waals surface area contributed by atoms with Crippen molar-refractivity contribution < 1.29 is 4.79 Å². The van der Waals surface area contributed by atoms with Crippen LogP contribution in [-0.2, 0) is 4.79 Å². The van der Waals surface area contributed by atoms with Gasteiger partial charge in [0.05, 0.1) is 0 Å². The molecule has 1 nitrogen and oxygen atoms in total. The minimum atomic E-state index is -0.159. The lowest BCUT2D eigenvalue weighted by Gasteiger charge is -2.18. The Morgan fingerprint density at radius 1 is 1.33 bits per heavy atom. The Morgan fingerprint density at radius 3 is 1.58 bits per heavy atom. The molecule has 0 heterocycles. The van der Waals surface area contributed by atoms with E-state index in [9.17, 15) is 4.79 Å². The van der Waals surface area contributed by atoms with Crippen molar-refractivity contribution in [2.45, 2.75) is 41.5 Å². The van der Waals surface area contributed by atoms with Crippen molar-refractivity contribution in [3.05, 3.63) is 0 Å². The topological polar surface area (TPSA) is 17.1 Å². The quantitative estimate of drug-likeness (QED) is 0.550. The average Bonchev–Trinajstić information content (AvgIpc) is 1.85. The van der Waals surface area contributed by atoms with Crippen molar-refractivity contribution in [3.63, 3.8) is 0 Å². The Bertz CT molecular complexity index is 164. The van der Waals surface area contributed by atoms with Crippen molar-refractivity contribution in [1.29, 1.82) is 0 Å². The lowest BCUT2D eigenvalue weighted by molar-refractivity contribution is -0.129. The molecule has 1 heteroatoms. The molecule has 0 saturated heterocycles. The van der Waals surface area contributed by atoms with Crippen LogP contribution < -0.4 is 0 Å². The second kappa shape index (κ2) is 5.83. The first-order valence-corrected chi connectivity index (χ1v) is 4.19. The molecule has 0 fully saturated rings. The normalized spacial score (nSPS) is 9.83. The highest BCUT2D eigenvalue weighted by Gasteiger charge is 2.23. The smallest absolute Gasteiger partial charge is 0.140 e. The Hall–Kier alpha value is -0.770. The number of ketones is 1. The van der Waals surface area contributed by atoms with Gasteiger partial charge >= 0.3 is 0 Å². The molecule has 0 bridgehead atoms. The average molecular weight is 168 g/mol. The van der Waals surface area contributed by atoms with E-state index in [-0.39, 0.29) is 11.3 Å². The van der Waals surface area contributed by atoms with Crippen molar-refractivity contribution >= 4 is 5.78 Å². The van der Waals surface area contributed by atoms with E-state index in [0.717, 1.165) is 0 Å². The van der Waals surface area contributed by atoms with E-state index in [4.69, 9.17) is 0 Å². The number of carbonyl (C=O) groups is 1. The minimum absolute atomic E-state index is 0.159. The SMILES string of the molecule is C#CC.CC(C)C(=O)C(C)(C)C. The van der Waals surface area contributed by atoms with E-state index >= 15 is 0 Å². The van der Waals surface area contributed by atoms with Gasteiger partial charge in [-0.05, 0) is 6.92 Å². The van der Waals surface area contributed by atoms with Gasteiger partial charge in [-0.25, -0.2) is 0 Å². The van der Waals surface area contributed by atoms with E-state index in [1.807, 2.05) is 34.6 Å². The molecular weight excluding hydrogens is 148 g/mol. The van der Waals surface area contributed by atoms with E-state index in [0.29, 0.717) is 5.78 Å². The molecule has 0 aromatic rings. The summed E-state index contributed by atoms with van der Waals surface area (Å²) in [5, 5.41) is 0.